The molecular formula is C24H25F6N5O6. The average Bonchev–Trinajstić information content (AvgIpc) is 3.44. The van der Waals surface area contributed by atoms with Gasteiger partial charge in [-0.3, -0.25) is 5.10 Å². The zero-order valence-corrected chi connectivity index (χ0v) is 21.2. The summed E-state index contributed by atoms with van der Waals surface area (Å²) >= 11 is 0. The molecule has 0 radical (unpaired) electrons. The molecular weight excluding hydrogens is 568 g/mol. The van der Waals surface area contributed by atoms with Gasteiger partial charge in [0.25, 0.3) is 0 Å². The Morgan fingerprint density at radius 2 is 1.54 bits per heavy atom. The Hall–Kier alpha value is -4.80. The van der Waals surface area contributed by atoms with Crippen molar-refractivity contribution in [3.8, 4) is 16.9 Å². The molecule has 11 nitrogen and oxygen atoms in total. The molecule has 0 atom stereocenters. The van der Waals surface area contributed by atoms with Gasteiger partial charge in [0.05, 0.1) is 13.3 Å². The van der Waals surface area contributed by atoms with Crippen molar-refractivity contribution in [1.82, 2.24) is 15.1 Å². The van der Waals surface area contributed by atoms with Gasteiger partial charge in [0.2, 0.25) is 0 Å². The van der Waals surface area contributed by atoms with Gasteiger partial charge in [0.15, 0.2) is 0 Å². The SMILES string of the molecule is COc1cccc(CN(CCN)C(=O)Nc2ccc(-c3cn[nH]c3)cc2)c1.O=C(O)C(F)(F)F.O=C(O)C(F)(F)F. The number of hydrogen-bond donors (Lipinski definition) is 5. The summed E-state index contributed by atoms with van der Waals surface area (Å²) in [5, 5.41) is 23.9. The molecule has 6 N–H and O–H groups in total. The lowest BCUT2D eigenvalue weighted by Gasteiger charge is -2.23. The third-order valence-corrected chi connectivity index (χ3v) is 4.65. The Morgan fingerprint density at radius 1 is 0.976 bits per heavy atom. The lowest BCUT2D eigenvalue weighted by Crippen LogP contribution is -2.38. The molecule has 0 aliphatic carbocycles. The number of nitrogens with zero attached hydrogens (tertiary/aromatic N) is 2. The van der Waals surface area contributed by atoms with Gasteiger partial charge in [-0.05, 0) is 35.4 Å². The van der Waals surface area contributed by atoms with Crippen molar-refractivity contribution in [3.05, 3.63) is 66.5 Å². The molecule has 0 spiro atoms. The number of carboxylic acids is 2. The Morgan fingerprint density at radius 3 is 1.98 bits per heavy atom. The number of urea groups is 1. The Kier molecular flexibility index (Phi) is 13.1. The number of methoxy groups -OCH3 is 1. The number of hydrogen-bond acceptors (Lipinski definition) is 6. The summed E-state index contributed by atoms with van der Waals surface area (Å²) in [6.45, 7) is 1.29. The topological polar surface area (TPSA) is 171 Å². The summed E-state index contributed by atoms with van der Waals surface area (Å²) in [6, 6.07) is 15.1. The number of aliphatic carboxylic acids is 2. The number of H-pyrrole nitrogens is 1. The average molecular weight is 593 g/mol. The minimum Gasteiger partial charge on any atom is -0.497 e. The maximum atomic E-state index is 12.7. The zero-order valence-electron chi connectivity index (χ0n) is 21.2. The maximum absolute atomic E-state index is 12.7. The molecule has 2 amide bonds. The van der Waals surface area contributed by atoms with Crippen LogP contribution in [0.1, 0.15) is 5.56 Å². The molecule has 3 rings (SSSR count). The van der Waals surface area contributed by atoms with Crippen LogP contribution in [0.3, 0.4) is 0 Å². The van der Waals surface area contributed by atoms with E-state index >= 15 is 0 Å². The summed E-state index contributed by atoms with van der Waals surface area (Å²) in [5.74, 6) is -4.75. The minimum absolute atomic E-state index is 0.195. The van der Waals surface area contributed by atoms with Gasteiger partial charge in [-0.25, -0.2) is 14.4 Å². The summed E-state index contributed by atoms with van der Waals surface area (Å²) in [7, 11) is 1.62. The largest absolute Gasteiger partial charge is 0.497 e. The van der Waals surface area contributed by atoms with Crippen LogP contribution in [0.2, 0.25) is 0 Å². The van der Waals surface area contributed by atoms with E-state index in [1.54, 1.807) is 18.2 Å². The Labute approximate surface area is 228 Å². The number of carbonyl (C=O) groups excluding carboxylic acids is 1. The van der Waals surface area contributed by atoms with Gasteiger partial charge < -0.3 is 30.9 Å². The number of ether oxygens (including phenoxy) is 1. The van der Waals surface area contributed by atoms with E-state index in [0.717, 1.165) is 28.1 Å². The number of halogens is 6. The van der Waals surface area contributed by atoms with Crippen LogP contribution in [0.4, 0.5) is 36.8 Å². The van der Waals surface area contributed by atoms with E-state index in [2.05, 4.69) is 15.5 Å². The van der Waals surface area contributed by atoms with Crippen molar-refractivity contribution in [2.75, 3.05) is 25.5 Å². The molecule has 3 aromatic rings. The predicted molar refractivity (Wildman–Crippen MR) is 133 cm³/mol. The van der Waals surface area contributed by atoms with Gasteiger partial charge in [0.1, 0.15) is 5.75 Å². The number of nitrogens with one attached hydrogen (secondary N) is 2. The molecule has 1 heterocycles. The number of carbonyl (C=O) groups is 3. The molecule has 0 aliphatic heterocycles. The van der Waals surface area contributed by atoms with Gasteiger partial charge in [-0.1, -0.05) is 24.3 Å². The van der Waals surface area contributed by atoms with Crippen LogP contribution < -0.4 is 15.8 Å². The lowest BCUT2D eigenvalue weighted by atomic mass is 10.1. The number of rotatable bonds is 7. The second-order valence-corrected chi connectivity index (χ2v) is 7.66. The molecule has 1 aromatic heterocycles. The molecule has 0 bridgehead atoms. The van der Waals surface area contributed by atoms with E-state index in [0.29, 0.717) is 19.6 Å². The smallest absolute Gasteiger partial charge is 0.490 e. The maximum Gasteiger partial charge on any atom is 0.490 e. The fraction of sp³-hybridized carbons (Fsp3) is 0.250. The summed E-state index contributed by atoms with van der Waals surface area (Å²) in [6.07, 6.45) is -6.59. The third-order valence-electron chi connectivity index (χ3n) is 4.65. The molecule has 0 fully saturated rings. The van der Waals surface area contributed by atoms with Gasteiger partial charge in [-0.15, -0.1) is 0 Å². The lowest BCUT2D eigenvalue weighted by molar-refractivity contribution is -0.193. The fourth-order valence-corrected chi connectivity index (χ4v) is 2.76. The number of anilines is 1. The highest BCUT2D eigenvalue weighted by atomic mass is 19.4. The van der Waals surface area contributed by atoms with Gasteiger partial charge in [-0.2, -0.15) is 31.4 Å². The number of carboxylic acid groups (broad SMARTS) is 2. The van der Waals surface area contributed by atoms with Crippen molar-refractivity contribution < 1.29 is 55.7 Å². The Bertz CT molecular complexity index is 1230. The first-order valence-corrected chi connectivity index (χ1v) is 11.2. The number of aromatic amines is 1. The van der Waals surface area contributed by atoms with Crippen molar-refractivity contribution in [1.29, 1.82) is 0 Å². The normalized spacial score (nSPS) is 10.7. The number of benzene rings is 2. The van der Waals surface area contributed by atoms with E-state index in [1.807, 2.05) is 54.7 Å². The second-order valence-electron chi connectivity index (χ2n) is 7.66. The summed E-state index contributed by atoms with van der Waals surface area (Å²) in [4.78, 5) is 32.2. The minimum atomic E-state index is -5.08. The van der Waals surface area contributed by atoms with Crippen molar-refractivity contribution >= 4 is 23.7 Å². The molecule has 0 unspecified atom stereocenters. The molecule has 2 aromatic carbocycles. The van der Waals surface area contributed by atoms with Gasteiger partial charge in [0, 0.05) is 37.1 Å². The molecule has 224 valence electrons. The van der Waals surface area contributed by atoms with E-state index in [4.69, 9.17) is 30.3 Å². The molecule has 17 heteroatoms. The highest BCUT2D eigenvalue weighted by Crippen LogP contribution is 2.21. The summed E-state index contributed by atoms with van der Waals surface area (Å²) < 4.78 is 68.7. The van der Waals surface area contributed by atoms with Crippen molar-refractivity contribution in [2.24, 2.45) is 5.73 Å². The van der Waals surface area contributed by atoms with Crippen molar-refractivity contribution in [3.63, 3.8) is 0 Å². The van der Waals surface area contributed by atoms with Crippen LogP contribution in [-0.2, 0) is 16.1 Å². The highest BCUT2D eigenvalue weighted by molar-refractivity contribution is 5.89. The molecule has 0 saturated heterocycles. The molecule has 0 aliphatic rings. The molecule has 0 saturated carbocycles. The van der Waals surface area contributed by atoms with E-state index in [-0.39, 0.29) is 6.03 Å². The zero-order chi connectivity index (χ0) is 31.2. The fourth-order valence-electron chi connectivity index (χ4n) is 2.76. The number of nitrogens with two attached hydrogens (primary N) is 1. The van der Waals surface area contributed by atoms with Crippen LogP contribution in [0.15, 0.2) is 60.9 Å². The van der Waals surface area contributed by atoms with Crippen LogP contribution in [0.25, 0.3) is 11.1 Å². The number of amides is 2. The van der Waals surface area contributed by atoms with E-state index in [1.165, 1.54) is 0 Å². The van der Waals surface area contributed by atoms with Crippen LogP contribution in [-0.4, -0.2) is 75.8 Å². The Balaban J connectivity index is 0.000000497. The van der Waals surface area contributed by atoms with Crippen LogP contribution >= 0.6 is 0 Å². The first kappa shape index (κ1) is 34.2. The highest BCUT2D eigenvalue weighted by Gasteiger charge is 2.38. The quantitative estimate of drug-likeness (QED) is 0.252. The monoisotopic (exact) mass is 593 g/mol. The number of alkyl halides is 6. The molecule has 41 heavy (non-hydrogen) atoms. The van der Waals surface area contributed by atoms with Crippen LogP contribution in [0.5, 0.6) is 5.75 Å². The van der Waals surface area contributed by atoms with Crippen LogP contribution in [0, 0.1) is 0 Å². The predicted octanol–water partition coefficient (Wildman–Crippen LogP) is 4.34. The third kappa shape index (κ3) is 12.7. The van der Waals surface area contributed by atoms with E-state index in [9.17, 15) is 31.1 Å². The summed E-state index contributed by atoms with van der Waals surface area (Å²) in [5.41, 5.74) is 9.41. The first-order valence-electron chi connectivity index (χ1n) is 11.2. The second kappa shape index (κ2) is 15.7. The standard InChI is InChI=1S/C20H23N5O2.2C2HF3O2/c1-27-19-4-2-3-15(11-19)14-25(10-9-21)20(26)24-18-7-5-16(6-8-18)17-12-22-23-13-17;2*3-2(4,5)1(6)7/h2-8,11-13H,9-10,14,21H2,1H3,(H,22,23)(H,24,26);2*(H,6,7). The van der Waals surface area contributed by atoms with Gasteiger partial charge >= 0.3 is 30.3 Å². The number of aromatic nitrogens is 2. The van der Waals surface area contributed by atoms with Crippen molar-refractivity contribution in [2.45, 2.75) is 18.9 Å². The van der Waals surface area contributed by atoms with E-state index < -0.39 is 24.3 Å². The first-order chi connectivity index (χ1) is 19.1.